The zero-order valence-corrected chi connectivity index (χ0v) is 10.6. The van der Waals surface area contributed by atoms with E-state index in [1.807, 2.05) is 6.07 Å². The van der Waals surface area contributed by atoms with E-state index in [0.29, 0.717) is 6.54 Å². The van der Waals surface area contributed by atoms with Gasteiger partial charge in [0.25, 0.3) is 0 Å². The van der Waals surface area contributed by atoms with Gasteiger partial charge in [-0.05, 0) is 17.5 Å². The number of nitrogens with zero attached hydrogens (tertiary/aromatic N) is 1. The van der Waals surface area contributed by atoms with E-state index in [0.717, 1.165) is 12.4 Å². The molecule has 2 heterocycles. The van der Waals surface area contributed by atoms with E-state index in [-0.39, 0.29) is 5.97 Å². The second-order valence-corrected chi connectivity index (χ2v) is 5.51. The van der Waals surface area contributed by atoms with Crippen molar-refractivity contribution in [3.63, 3.8) is 0 Å². The molecule has 5 heteroatoms. The fourth-order valence-electron chi connectivity index (χ4n) is 1.45. The minimum Gasteiger partial charge on any atom is -0.468 e. The fourth-order valence-corrected chi connectivity index (χ4v) is 3.23. The summed E-state index contributed by atoms with van der Waals surface area (Å²) in [7, 11) is 1.42. The number of hydrogen-bond donors (Lipinski definition) is 0. The molecular formula is C11H13NO2S2. The third kappa shape index (κ3) is 3.10. The van der Waals surface area contributed by atoms with Crippen LogP contribution in [0.15, 0.2) is 22.4 Å². The monoisotopic (exact) mass is 255 g/mol. The molecule has 1 saturated heterocycles. The van der Waals surface area contributed by atoms with Gasteiger partial charge in [0.15, 0.2) is 0 Å². The Labute approximate surface area is 103 Å². The number of thioether (sulfide) groups is 1. The molecular weight excluding hydrogens is 242 g/mol. The van der Waals surface area contributed by atoms with Crippen LogP contribution in [0.2, 0.25) is 0 Å². The Bertz CT molecular complexity index is 387. The quantitative estimate of drug-likeness (QED) is 0.775. The Kier molecular flexibility index (Phi) is 4.04. The van der Waals surface area contributed by atoms with E-state index in [1.54, 1.807) is 23.1 Å². The summed E-state index contributed by atoms with van der Waals surface area (Å²) < 4.78 is 4.65. The Morgan fingerprint density at radius 1 is 1.69 bits per heavy atom. The molecule has 16 heavy (non-hydrogen) atoms. The van der Waals surface area contributed by atoms with Crippen molar-refractivity contribution >= 4 is 35.1 Å². The van der Waals surface area contributed by atoms with Crippen LogP contribution < -0.4 is 0 Å². The molecule has 0 amide bonds. The summed E-state index contributed by atoms with van der Waals surface area (Å²) >= 11 is 3.52. The van der Waals surface area contributed by atoms with E-state index in [9.17, 15) is 4.79 Å². The minimum absolute atomic E-state index is 0.169. The summed E-state index contributed by atoms with van der Waals surface area (Å²) in [6.07, 6.45) is 2.19. The van der Waals surface area contributed by atoms with Crippen molar-refractivity contribution < 1.29 is 9.53 Å². The Morgan fingerprint density at radius 2 is 2.56 bits per heavy atom. The third-order valence-electron chi connectivity index (χ3n) is 2.24. The average molecular weight is 255 g/mol. The normalized spacial score (nSPS) is 19.2. The molecule has 0 unspecified atom stereocenters. The van der Waals surface area contributed by atoms with Crippen LogP contribution in [-0.2, 0) is 9.53 Å². The molecule has 0 bridgehead atoms. The van der Waals surface area contributed by atoms with Gasteiger partial charge < -0.3 is 4.74 Å². The summed E-state index contributed by atoms with van der Waals surface area (Å²) in [6.45, 7) is 1.23. The molecule has 1 aliphatic rings. The molecule has 0 radical (unpaired) electrons. The lowest BCUT2D eigenvalue weighted by atomic mass is 10.4. The van der Waals surface area contributed by atoms with Gasteiger partial charge in [-0.2, -0.15) is 0 Å². The number of ether oxygens (including phenoxy) is 1. The summed E-state index contributed by atoms with van der Waals surface area (Å²) in [5.41, 5.74) is 0. The van der Waals surface area contributed by atoms with Gasteiger partial charge in [-0.3, -0.25) is 9.69 Å². The molecule has 1 fully saturated rings. The lowest BCUT2D eigenvalue weighted by molar-refractivity contribution is -0.141. The first-order chi connectivity index (χ1) is 7.78. The molecule has 1 aliphatic heterocycles. The molecule has 2 rings (SSSR count). The SMILES string of the molecule is COC(=O)CN1CSC(=Cc2cccs2)C1. The van der Waals surface area contributed by atoms with Crippen LogP contribution in [0, 0.1) is 0 Å². The molecule has 3 nitrogen and oxygen atoms in total. The molecule has 0 saturated carbocycles. The first kappa shape index (κ1) is 11.7. The molecule has 0 aliphatic carbocycles. The van der Waals surface area contributed by atoms with Crippen LogP contribution in [0.4, 0.5) is 0 Å². The summed E-state index contributed by atoms with van der Waals surface area (Å²) in [6, 6.07) is 4.14. The molecule has 0 N–H and O–H groups in total. The Balaban J connectivity index is 1.90. The van der Waals surface area contributed by atoms with E-state index in [1.165, 1.54) is 16.9 Å². The van der Waals surface area contributed by atoms with E-state index >= 15 is 0 Å². The van der Waals surface area contributed by atoms with Crippen molar-refractivity contribution in [3.05, 3.63) is 27.3 Å². The summed E-state index contributed by atoms with van der Waals surface area (Å²) in [5.74, 6) is 0.699. The maximum Gasteiger partial charge on any atom is 0.319 e. The van der Waals surface area contributed by atoms with Crippen molar-refractivity contribution in [3.8, 4) is 0 Å². The number of carbonyl (C=O) groups is 1. The van der Waals surface area contributed by atoms with Crippen molar-refractivity contribution in [2.45, 2.75) is 0 Å². The maximum atomic E-state index is 11.1. The molecule has 0 spiro atoms. The number of hydrogen-bond acceptors (Lipinski definition) is 5. The molecule has 86 valence electrons. The highest BCUT2D eigenvalue weighted by molar-refractivity contribution is 8.03. The largest absolute Gasteiger partial charge is 0.468 e. The third-order valence-corrected chi connectivity index (χ3v) is 4.17. The number of rotatable bonds is 3. The zero-order valence-electron chi connectivity index (χ0n) is 9.01. The first-order valence-corrected chi connectivity index (χ1v) is 6.80. The summed E-state index contributed by atoms with van der Waals surface area (Å²) in [4.78, 5) is 15.8. The fraction of sp³-hybridized carbons (Fsp3) is 0.364. The Hall–Kier alpha value is -0.780. The molecule has 1 aromatic heterocycles. The van der Waals surface area contributed by atoms with Crippen LogP contribution in [0.25, 0.3) is 6.08 Å². The van der Waals surface area contributed by atoms with Gasteiger partial charge in [0.2, 0.25) is 0 Å². The second-order valence-electron chi connectivity index (χ2n) is 3.46. The van der Waals surface area contributed by atoms with Crippen molar-refractivity contribution in [2.24, 2.45) is 0 Å². The average Bonchev–Trinajstić information content (AvgIpc) is 2.91. The van der Waals surface area contributed by atoms with Gasteiger partial charge in [-0.25, -0.2) is 0 Å². The van der Waals surface area contributed by atoms with Gasteiger partial charge in [-0.1, -0.05) is 6.07 Å². The standard InChI is InChI=1S/C11H13NO2S2/c1-14-11(13)7-12-6-10(16-8-12)5-9-3-2-4-15-9/h2-5H,6-8H2,1H3. The van der Waals surface area contributed by atoms with Crippen molar-refractivity contribution in [1.82, 2.24) is 4.90 Å². The molecule has 1 aromatic rings. The number of esters is 1. The van der Waals surface area contributed by atoms with Crippen LogP contribution >= 0.6 is 23.1 Å². The number of methoxy groups -OCH3 is 1. The number of thiophene rings is 1. The minimum atomic E-state index is -0.169. The lowest BCUT2D eigenvalue weighted by Crippen LogP contribution is -2.27. The van der Waals surface area contributed by atoms with Gasteiger partial charge in [0.1, 0.15) is 0 Å². The first-order valence-electron chi connectivity index (χ1n) is 4.94. The second kappa shape index (κ2) is 5.52. The van der Waals surface area contributed by atoms with E-state index < -0.39 is 0 Å². The van der Waals surface area contributed by atoms with Crippen LogP contribution in [0.5, 0.6) is 0 Å². The van der Waals surface area contributed by atoms with Gasteiger partial charge in [0, 0.05) is 22.2 Å². The van der Waals surface area contributed by atoms with Crippen molar-refractivity contribution in [2.75, 3.05) is 26.1 Å². The Morgan fingerprint density at radius 3 is 3.25 bits per heavy atom. The topological polar surface area (TPSA) is 29.5 Å². The maximum absolute atomic E-state index is 11.1. The van der Waals surface area contributed by atoms with Gasteiger partial charge >= 0.3 is 5.97 Å². The highest BCUT2D eigenvalue weighted by atomic mass is 32.2. The van der Waals surface area contributed by atoms with Gasteiger partial charge in [-0.15, -0.1) is 23.1 Å². The highest BCUT2D eigenvalue weighted by Crippen LogP contribution is 2.29. The van der Waals surface area contributed by atoms with E-state index in [2.05, 4.69) is 27.2 Å². The van der Waals surface area contributed by atoms with Crippen LogP contribution in [0.3, 0.4) is 0 Å². The summed E-state index contributed by atoms with van der Waals surface area (Å²) in [5, 5.41) is 2.07. The smallest absolute Gasteiger partial charge is 0.319 e. The predicted molar refractivity (Wildman–Crippen MR) is 68.3 cm³/mol. The van der Waals surface area contributed by atoms with Gasteiger partial charge in [0.05, 0.1) is 13.7 Å². The van der Waals surface area contributed by atoms with E-state index in [4.69, 9.17) is 0 Å². The molecule has 0 atom stereocenters. The van der Waals surface area contributed by atoms with Crippen LogP contribution in [-0.4, -0.2) is 36.9 Å². The van der Waals surface area contributed by atoms with Crippen molar-refractivity contribution in [1.29, 1.82) is 0 Å². The highest BCUT2D eigenvalue weighted by Gasteiger charge is 2.19. The lowest BCUT2D eigenvalue weighted by Gasteiger charge is -2.10. The number of carbonyl (C=O) groups excluding carboxylic acids is 1. The zero-order chi connectivity index (χ0) is 11.4. The molecule has 0 aromatic carbocycles. The van der Waals surface area contributed by atoms with Crippen LogP contribution in [0.1, 0.15) is 4.88 Å². The predicted octanol–water partition coefficient (Wildman–Crippen LogP) is 2.27.